The highest BCUT2D eigenvalue weighted by molar-refractivity contribution is 9.10. The topological polar surface area (TPSA) is 41.6 Å². The quantitative estimate of drug-likeness (QED) is 0.745. The summed E-state index contributed by atoms with van der Waals surface area (Å²) in [5.74, 6) is 0.0399. The lowest BCUT2D eigenvalue weighted by atomic mass is 10.1. The fourth-order valence-electron chi connectivity index (χ4n) is 3.25. The predicted octanol–water partition coefficient (Wildman–Crippen LogP) is 4.64. The van der Waals surface area contributed by atoms with Crippen LogP contribution < -0.4 is 10.2 Å². The number of carbonyl (C=O) groups excluding carboxylic acids is 1. The molecule has 0 radical (unpaired) electrons. The second-order valence-corrected chi connectivity index (χ2v) is 7.58. The van der Waals surface area contributed by atoms with E-state index in [-0.39, 0.29) is 5.91 Å². The molecular formula is C21H25BrN2O2. The number of nitrogens with one attached hydrogen (secondary N) is 1. The lowest BCUT2D eigenvalue weighted by molar-refractivity contribution is -0.116. The van der Waals surface area contributed by atoms with E-state index in [1.54, 1.807) is 7.11 Å². The van der Waals surface area contributed by atoms with E-state index >= 15 is 0 Å². The third kappa shape index (κ3) is 5.32. The zero-order valence-electron chi connectivity index (χ0n) is 15.1. The van der Waals surface area contributed by atoms with Crippen molar-refractivity contribution in [2.24, 2.45) is 0 Å². The maximum Gasteiger partial charge on any atom is 0.224 e. The van der Waals surface area contributed by atoms with Crippen molar-refractivity contribution in [1.82, 2.24) is 0 Å². The molecule has 1 heterocycles. The van der Waals surface area contributed by atoms with Crippen LogP contribution in [-0.2, 0) is 16.0 Å². The van der Waals surface area contributed by atoms with E-state index in [0.29, 0.717) is 12.5 Å². The first-order valence-electron chi connectivity index (χ1n) is 9.06. The molecule has 0 saturated carbocycles. The minimum absolute atomic E-state index is 0.0399. The Balaban J connectivity index is 1.50. The van der Waals surface area contributed by atoms with Crippen LogP contribution in [0.2, 0.25) is 0 Å². The molecule has 5 heteroatoms. The first-order valence-corrected chi connectivity index (χ1v) is 9.85. The van der Waals surface area contributed by atoms with Crippen LogP contribution >= 0.6 is 15.9 Å². The molecule has 2 aromatic carbocycles. The number of ether oxygens (including phenoxy) is 1. The third-order valence-corrected chi connectivity index (χ3v) is 5.31. The molecule has 1 N–H and O–H groups in total. The van der Waals surface area contributed by atoms with Crippen molar-refractivity contribution < 1.29 is 9.53 Å². The van der Waals surface area contributed by atoms with Gasteiger partial charge in [0.1, 0.15) is 0 Å². The molecule has 4 nitrogen and oxygen atoms in total. The van der Waals surface area contributed by atoms with Gasteiger partial charge >= 0.3 is 0 Å². The number of hydrogen-bond acceptors (Lipinski definition) is 3. The SMILES string of the molecule is COC1CCCN(c2ccc(NC(=O)CCc3ccc(Br)cc3)cc2)C1. The fraction of sp³-hybridized carbons (Fsp3) is 0.381. The zero-order valence-corrected chi connectivity index (χ0v) is 16.7. The van der Waals surface area contributed by atoms with Crippen LogP contribution in [-0.4, -0.2) is 32.2 Å². The van der Waals surface area contributed by atoms with E-state index < -0.39 is 0 Å². The Bertz CT molecular complexity index is 716. The van der Waals surface area contributed by atoms with E-state index in [9.17, 15) is 4.79 Å². The summed E-state index contributed by atoms with van der Waals surface area (Å²) < 4.78 is 6.54. The number of nitrogens with zero attached hydrogens (tertiary/aromatic N) is 1. The summed E-state index contributed by atoms with van der Waals surface area (Å²) in [5, 5.41) is 2.98. The Morgan fingerprint density at radius 3 is 2.62 bits per heavy atom. The first kappa shape index (κ1) is 18.9. The van der Waals surface area contributed by atoms with Crippen molar-refractivity contribution in [2.45, 2.75) is 31.8 Å². The Hall–Kier alpha value is -1.85. The molecule has 1 saturated heterocycles. The van der Waals surface area contributed by atoms with Crippen LogP contribution in [0.15, 0.2) is 53.0 Å². The van der Waals surface area contributed by atoms with Crippen LogP contribution in [0.1, 0.15) is 24.8 Å². The maximum atomic E-state index is 12.2. The van der Waals surface area contributed by atoms with Gasteiger partial charge in [0, 0.05) is 42.5 Å². The van der Waals surface area contributed by atoms with Crippen molar-refractivity contribution in [2.75, 3.05) is 30.4 Å². The van der Waals surface area contributed by atoms with Crippen LogP contribution in [0.3, 0.4) is 0 Å². The Labute approximate surface area is 163 Å². The molecule has 0 bridgehead atoms. The van der Waals surface area contributed by atoms with Gasteiger partial charge in [0.05, 0.1) is 6.10 Å². The summed E-state index contributed by atoms with van der Waals surface area (Å²) in [6, 6.07) is 16.2. The smallest absolute Gasteiger partial charge is 0.224 e. The molecule has 3 rings (SSSR count). The number of rotatable bonds is 6. The van der Waals surface area contributed by atoms with Crippen molar-refractivity contribution in [1.29, 1.82) is 0 Å². The summed E-state index contributed by atoms with van der Waals surface area (Å²) in [7, 11) is 1.78. The van der Waals surface area contributed by atoms with Gasteiger partial charge in [-0.1, -0.05) is 28.1 Å². The molecule has 1 amide bonds. The van der Waals surface area contributed by atoms with Gasteiger partial charge in [-0.05, 0) is 61.2 Å². The third-order valence-electron chi connectivity index (χ3n) is 4.78. The van der Waals surface area contributed by atoms with Gasteiger partial charge in [0.15, 0.2) is 0 Å². The summed E-state index contributed by atoms with van der Waals surface area (Å²) in [4.78, 5) is 14.5. The van der Waals surface area contributed by atoms with Gasteiger partial charge in [-0.3, -0.25) is 4.79 Å². The summed E-state index contributed by atoms with van der Waals surface area (Å²) >= 11 is 3.42. The van der Waals surface area contributed by atoms with Crippen LogP contribution in [0.25, 0.3) is 0 Å². The molecule has 1 atom stereocenters. The molecule has 1 unspecified atom stereocenters. The van der Waals surface area contributed by atoms with E-state index in [1.165, 1.54) is 5.69 Å². The maximum absolute atomic E-state index is 12.2. The fourth-order valence-corrected chi connectivity index (χ4v) is 3.52. The minimum atomic E-state index is 0.0399. The summed E-state index contributed by atoms with van der Waals surface area (Å²) in [6.45, 7) is 1.98. The van der Waals surface area contributed by atoms with Gasteiger partial charge in [-0.25, -0.2) is 0 Å². The van der Waals surface area contributed by atoms with Crippen LogP contribution in [0, 0.1) is 0 Å². The molecule has 0 aliphatic carbocycles. The molecule has 1 aliphatic heterocycles. The van der Waals surface area contributed by atoms with Gasteiger partial charge in [0.2, 0.25) is 5.91 Å². The Morgan fingerprint density at radius 1 is 1.19 bits per heavy atom. The molecular weight excluding hydrogens is 392 g/mol. The zero-order chi connectivity index (χ0) is 18.4. The normalized spacial score (nSPS) is 17.2. The molecule has 1 aliphatic rings. The van der Waals surface area contributed by atoms with E-state index in [1.807, 2.05) is 36.4 Å². The number of aryl methyl sites for hydroxylation is 1. The second kappa shape index (κ2) is 9.19. The molecule has 0 aromatic heterocycles. The number of piperidine rings is 1. The van der Waals surface area contributed by atoms with Gasteiger partial charge in [0.25, 0.3) is 0 Å². The summed E-state index contributed by atoms with van der Waals surface area (Å²) in [5.41, 5.74) is 3.19. The second-order valence-electron chi connectivity index (χ2n) is 6.67. The highest BCUT2D eigenvalue weighted by Crippen LogP contribution is 2.23. The van der Waals surface area contributed by atoms with Crippen molar-refractivity contribution in [3.05, 3.63) is 58.6 Å². The van der Waals surface area contributed by atoms with Gasteiger partial charge in [-0.15, -0.1) is 0 Å². The molecule has 2 aromatic rings. The standard InChI is InChI=1S/C21H25BrN2O2/c1-26-20-3-2-14-24(15-20)19-11-9-18(10-12-19)23-21(25)13-6-16-4-7-17(22)8-5-16/h4-5,7-12,20H,2-3,6,13-15H2,1H3,(H,23,25). The number of benzene rings is 2. The number of anilines is 2. The van der Waals surface area contributed by atoms with Gasteiger partial charge in [-0.2, -0.15) is 0 Å². The number of carbonyl (C=O) groups is 1. The monoisotopic (exact) mass is 416 g/mol. The lowest BCUT2D eigenvalue weighted by Gasteiger charge is -2.33. The Morgan fingerprint density at radius 2 is 1.92 bits per heavy atom. The summed E-state index contributed by atoms with van der Waals surface area (Å²) in [6.07, 6.45) is 3.79. The van der Waals surface area contributed by atoms with E-state index in [4.69, 9.17) is 4.74 Å². The first-order chi connectivity index (χ1) is 12.6. The lowest BCUT2D eigenvalue weighted by Crippen LogP contribution is -2.39. The van der Waals surface area contributed by atoms with Crippen LogP contribution in [0.5, 0.6) is 0 Å². The van der Waals surface area contributed by atoms with Crippen LogP contribution in [0.4, 0.5) is 11.4 Å². The molecule has 1 fully saturated rings. The molecule has 0 spiro atoms. The number of amides is 1. The predicted molar refractivity (Wildman–Crippen MR) is 110 cm³/mol. The van der Waals surface area contributed by atoms with Crippen molar-refractivity contribution in [3.63, 3.8) is 0 Å². The molecule has 26 heavy (non-hydrogen) atoms. The minimum Gasteiger partial charge on any atom is -0.380 e. The number of hydrogen-bond donors (Lipinski definition) is 1. The van der Waals surface area contributed by atoms with Crippen molar-refractivity contribution in [3.8, 4) is 0 Å². The van der Waals surface area contributed by atoms with E-state index in [2.05, 4.69) is 38.3 Å². The van der Waals surface area contributed by atoms with Crippen molar-refractivity contribution >= 4 is 33.2 Å². The average molecular weight is 417 g/mol. The highest BCUT2D eigenvalue weighted by atomic mass is 79.9. The van der Waals surface area contributed by atoms with E-state index in [0.717, 1.165) is 48.1 Å². The highest BCUT2D eigenvalue weighted by Gasteiger charge is 2.19. The number of methoxy groups -OCH3 is 1. The van der Waals surface area contributed by atoms with Gasteiger partial charge < -0.3 is 15.0 Å². The average Bonchev–Trinajstić information content (AvgIpc) is 2.68. The molecule has 138 valence electrons. The number of halogens is 1. The largest absolute Gasteiger partial charge is 0.380 e. The Kier molecular flexibility index (Phi) is 6.69.